The molecule has 0 rings (SSSR count). The van der Waals surface area contributed by atoms with Crippen LogP contribution in [0.15, 0.2) is 0 Å². The fraction of sp³-hybridized carbons (Fsp3) is 0.833. The first-order valence-electron chi connectivity index (χ1n) is 3.33. The Morgan fingerprint density at radius 1 is 1.15 bits per heavy atom. The van der Waals surface area contributed by atoms with Crippen LogP contribution in [0, 0.1) is 0 Å². The topological polar surface area (TPSA) is 118 Å². The fourth-order valence-electron chi connectivity index (χ4n) is 0.602. The van der Waals surface area contributed by atoms with Crippen molar-refractivity contribution in [3.63, 3.8) is 0 Å². The van der Waals surface area contributed by atoms with Gasteiger partial charge >= 0.3 is 37.7 Å². The summed E-state index contributed by atoms with van der Waals surface area (Å²) >= 11 is 0. The first-order valence-corrected chi connectivity index (χ1v) is 3.33. The quantitative estimate of drug-likeness (QED) is 0.300. The predicted molar refractivity (Wildman–Crippen MR) is 45.7 cm³/mol. The number of carbonyl (C=O) groups is 1. The molecular formula is C6H14CaO6. The van der Waals surface area contributed by atoms with E-state index in [1.54, 1.807) is 0 Å². The van der Waals surface area contributed by atoms with Gasteiger partial charge in [-0.05, 0) is 0 Å². The van der Waals surface area contributed by atoms with Gasteiger partial charge in [0.05, 0.1) is 6.61 Å². The molecule has 13 heavy (non-hydrogen) atoms. The predicted octanol–water partition coefficient (Wildman–Crippen LogP) is -4.29. The molecule has 0 aliphatic rings. The van der Waals surface area contributed by atoms with Crippen molar-refractivity contribution in [1.29, 1.82) is 0 Å². The average Bonchev–Trinajstić information content (AvgIpc) is 2.12. The number of carbonyl (C=O) groups excluding carboxylic acids is 1. The van der Waals surface area contributed by atoms with Gasteiger partial charge in [-0.2, -0.15) is 0 Å². The van der Waals surface area contributed by atoms with Gasteiger partial charge in [-0.25, -0.2) is 0 Å². The molecule has 3 atom stereocenters. The summed E-state index contributed by atoms with van der Waals surface area (Å²) in [5.41, 5.74) is 0. The summed E-state index contributed by atoms with van der Waals surface area (Å²) in [6.07, 6.45) is -5.22. The molecule has 0 amide bonds. The molecule has 5 N–H and O–H groups in total. The van der Waals surface area contributed by atoms with Crippen LogP contribution >= 0.6 is 0 Å². The van der Waals surface area contributed by atoms with E-state index >= 15 is 0 Å². The van der Waals surface area contributed by atoms with E-state index in [1.807, 2.05) is 0 Å². The van der Waals surface area contributed by atoms with Crippen LogP contribution in [0.4, 0.5) is 0 Å². The van der Waals surface area contributed by atoms with Crippen molar-refractivity contribution in [1.82, 2.24) is 0 Å². The molecule has 0 aliphatic heterocycles. The van der Waals surface area contributed by atoms with Gasteiger partial charge in [0.25, 0.3) is 0 Å². The second-order valence-corrected chi connectivity index (χ2v) is 2.31. The Hall–Kier alpha value is 0.730. The zero-order valence-electron chi connectivity index (χ0n) is 6.29. The SMILES string of the molecule is O=C(CO)[C@H](O)[C@@H](O)[C@H](O)CO.[CaH2]. The number of aliphatic hydroxyl groups is 5. The van der Waals surface area contributed by atoms with Gasteiger partial charge in [-0.15, -0.1) is 0 Å². The molecule has 0 spiro atoms. The van der Waals surface area contributed by atoms with E-state index in [4.69, 9.17) is 25.5 Å². The molecule has 0 unspecified atom stereocenters. The normalized spacial score (nSPS) is 17.0. The van der Waals surface area contributed by atoms with E-state index < -0.39 is 37.3 Å². The molecule has 0 aliphatic carbocycles. The summed E-state index contributed by atoms with van der Waals surface area (Å²) in [5.74, 6) is -1.00. The van der Waals surface area contributed by atoms with Gasteiger partial charge in [-0.3, -0.25) is 4.79 Å². The van der Waals surface area contributed by atoms with Gasteiger partial charge in [-0.1, -0.05) is 0 Å². The summed E-state index contributed by atoms with van der Waals surface area (Å²) in [6, 6.07) is 0. The van der Waals surface area contributed by atoms with Gasteiger partial charge in [0.2, 0.25) is 0 Å². The van der Waals surface area contributed by atoms with Gasteiger partial charge in [0, 0.05) is 0 Å². The maximum atomic E-state index is 10.5. The van der Waals surface area contributed by atoms with Crippen LogP contribution in [0.3, 0.4) is 0 Å². The molecule has 0 radical (unpaired) electrons. The Kier molecular flexibility index (Phi) is 10.0. The number of rotatable bonds is 5. The summed E-state index contributed by atoms with van der Waals surface area (Å²) in [5, 5.41) is 43.1. The van der Waals surface area contributed by atoms with Crippen LogP contribution in [-0.4, -0.2) is 101 Å². The number of hydrogen-bond acceptors (Lipinski definition) is 6. The molecule has 0 saturated heterocycles. The Morgan fingerprint density at radius 3 is 1.92 bits per heavy atom. The van der Waals surface area contributed by atoms with Crippen LogP contribution in [0.2, 0.25) is 0 Å². The molecule has 0 fully saturated rings. The molecule has 7 heteroatoms. The summed E-state index contributed by atoms with van der Waals surface area (Å²) in [7, 11) is 0. The van der Waals surface area contributed by atoms with E-state index in [0.717, 1.165) is 0 Å². The van der Waals surface area contributed by atoms with Crippen molar-refractivity contribution >= 4 is 43.5 Å². The van der Waals surface area contributed by atoms with Gasteiger partial charge in [0.1, 0.15) is 24.9 Å². The number of aliphatic hydroxyl groups excluding tert-OH is 5. The van der Waals surface area contributed by atoms with Gasteiger partial charge < -0.3 is 25.5 Å². The van der Waals surface area contributed by atoms with Crippen molar-refractivity contribution in [3.8, 4) is 0 Å². The van der Waals surface area contributed by atoms with E-state index in [0.29, 0.717) is 0 Å². The van der Waals surface area contributed by atoms with Crippen LogP contribution < -0.4 is 0 Å². The third-order valence-corrected chi connectivity index (χ3v) is 1.39. The average molecular weight is 222 g/mol. The molecule has 0 saturated carbocycles. The Balaban J connectivity index is 0. The van der Waals surface area contributed by atoms with Crippen molar-refractivity contribution in [2.24, 2.45) is 0 Å². The van der Waals surface area contributed by atoms with Crippen molar-refractivity contribution in [2.45, 2.75) is 18.3 Å². The van der Waals surface area contributed by atoms with Crippen LogP contribution in [0.5, 0.6) is 0 Å². The maximum absolute atomic E-state index is 10.5. The second-order valence-electron chi connectivity index (χ2n) is 2.31. The van der Waals surface area contributed by atoms with Crippen molar-refractivity contribution < 1.29 is 30.3 Å². The van der Waals surface area contributed by atoms with E-state index in [1.165, 1.54) is 0 Å². The summed E-state index contributed by atoms with van der Waals surface area (Å²) in [6.45, 7) is -1.69. The minimum atomic E-state index is -1.86. The number of Topliss-reactive ketones (excluding diaryl/α,β-unsaturated/α-hetero) is 1. The third kappa shape index (κ3) is 5.24. The molecule has 0 bridgehead atoms. The first kappa shape index (κ1) is 16.2. The molecular weight excluding hydrogens is 208 g/mol. The van der Waals surface area contributed by atoms with E-state index in [-0.39, 0.29) is 37.7 Å². The Bertz CT molecular complexity index is 152. The van der Waals surface area contributed by atoms with Crippen molar-refractivity contribution in [2.75, 3.05) is 13.2 Å². The number of ketones is 1. The second kappa shape index (κ2) is 8.07. The Labute approximate surface area is 105 Å². The Morgan fingerprint density at radius 2 is 1.62 bits per heavy atom. The van der Waals surface area contributed by atoms with Gasteiger partial charge in [0.15, 0.2) is 5.78 Å². The third-order valence-electron chi connectivity index (χ3n) is 1.39. The molecule has 0 heterocycles. The summed E-state index contributed by atoms with van der Waals surface area (Å²) < 4.78 is 0. The molecule has 0 aromatic rings. The molecule has 0 aromatic carbocycles. The number of hydrogen-bond donors (Lipinski definition) is 5. The van der Waals surface area contributed by atoms with Crippen LogP contribution in [0.1, 0.15) is 0 Å². The molecule has 76 valence electrons. The monoisotopic (exact) mass is 222 g/mol. The standard InChI is InChI=1S/C6H12O6.Ca.2H/c7-1-3(9)5(11)6(12)4(10)2-8;;;/h3,5-9,11-12H,1-2H2;;;/t3-,5+,6+;;;/m1.../s1. The fourth-order valence-corrected chi connectivity index (χ4v) is 0.602. The molecule has 6 nitrogen and oxygen atoms in total. The van der Waals surface area contributed by atoms with E-state index in [2.05, 4.69) is 0 Å². The zero-order chi connectivity index (χ0) is 9.72. The summed E-state index contributed by atoms with van der Waals surface area (Å²) in [4.78, 5) is 10.5. The minimum absolute atomic E-state index is 0. The van der Waals surface area contributed by atoms with Crippen LogP contribution in [0.25, 0.3) is 0 Å². The molecule has 0 aromatic heterocycles. The van der Waals surface area contributed by atoms with Crippen LogP contribution in [-0.2, 0) is 4.79 Å². The first-order chi connectivity index (χ1) is 5.54. The van der Waals surface area contributed by atoms with Crippen molar-refractivity contribution in [3.05, 3.63) is 0 Å². The van der Waals surface area contributed by atoms with E-state index in [9.17, 15) is 4.79 Å². The zero-order valence-corrected chi connectivity index (χ0v) is 6.29.